The van der Waals surface area contributed by atoms with Gasteiger partial charge in [0.1, 0.15) is 11.6 Å². The third kappa shape index (κ3) is 4.10. The lowest BCUT2D eigenvalue weighted by atomic mass is 9.71. The Kier molecular flexibility index (Phi) is 5.61. The monoisotopic (exact) mass is 370 g/mol. The minimum Gasteiger partial charge on any atom is -0.299 e. The molecule has 0 heterocycles. The van der Waals surface area contributed by atoms with E-state index < -0.39 is 16.2 Å². The van der Waals surface area contributed by atoms with Crippen LogP contribution in [-0.2, 0) is 9.59 Å². The number of benzene rings is 1. The zero-order chi connectivity index (χ0) is 20.6. The molecule has 0 saturated carbocycles. The Labute approximate surface area is 161 Å². The largest absolute Gasteiger partial charge is 0.299 e. The highest BCUT2D eigenvalue weighted by Crippen LogP contribution is 2.45. The lowest BCUT2D eigenvalue weighted by molar-refractivity contribution is -0.126. The van der Waals surface area contributed by atoms with Crippen LogP contribution in [0.1, 0.15) is 87.9 Å². The van der Waals surface area contributed by atoms with Gasteiger partial charge in [-0.15, -0.1) is 0 Å². The molecule has 1 aromatic rings. The first kappa shape index (κ1) is 21.2. The molecule has 1 aliphatic rings. The van der Waals surface area contributed by atoms with E-state index in [1.165, 1.54) is 0 Å². The molecule has 0 aliphatic heterocycles. The third-order valence-electron chi connectivity index (χ3n) is 5.52. The van der Waals surface area contributed by atoms with Crippen molar-refractivity contribution in [3.63, 3.8) is 0 Å². The first-order valence-corrected chi connectivity index (χ1v) is 9.56. The van der Waals surface area contributed by atoms with E-state index in [1.807, 2.05) is 41.5 Å². The SMILES string of the molecule is CC(C)(C)C(=O)CCC1(CCC(=O)C(C)(C)C)C(=O)c2ccccc2C1=O. The van der Waals surface area contributed by atoms with E-state index in [0.29, 0.717) is 11.1 Å². The molecule has 4 heteroatoms. The Morgan fingerprint density at radius 1 is 0.741 bits per heavy atom. The first-order chi connectivity index (χ1) is 12.3. The molecule has 0 unspecified atom stereocenters. The normalized spacial score (nSPS) is 16.4. The van der Waals surface area contributed by atoms with E-state index >= 15 is 0 Å². The quantitative estimate of drug-likeness (QED) is 0.672. The molecule has 146 valence electrons. The van der Waals surface area contributed by atoms with Crippen LogP contribution in [0.5, 0.6) is 0 Å². The highest BCUT2D eigenvalue weighted by atomic mass is 16.2. The number of hydrogen-bond donors (Lipinski definition) is 0. The highest BCUT2D eigenvalue weighted by Gasteiger charge is 2.52. The molecule has 0 amide bonds. The predicted octanol–water partition coefficient (Wildman–Crippen LogP) is 4.84. The van der Waals surface area contributed by atoms with Gasteiger partial charge >= 0.3 is 0 Å². The maximum Gasteiger partial charge on any atom is 0.177 e. The highest BCUT2D eigenvalue weighted by molar-refractivity contribution is 6.29. The predicted molar refractivity (Wildman–Crippen MR) is 105 cm³/mol. The van der Waals surface area contributed by atoms with E-state index in [0.717, 1.165) is 0 Å². The van der Waals surface area contributed by atoms with Crippen LogP contribution in [-0.4, -0.2) is 23.1 Å². The van der Waals surface area contributed by atoms with Crippen molar-refractivity contribution >= 4 is 23.1 Å². The summed E-state index contributed by atoms with van der Waals surface area (Å²) in [7, 11) is 0. The number of carbonyl (C=O) groups excluding carboxylic acids is 4. The molecular weight excluding hydrogens is 340 g/mol. The summed E-state index contributed by atoms with van der Waals surface area (Å²) >= 11 is 0. The van der Waals surface area contributed by atoms with Crippen molar-refractivity contribution in [2.24, 2.45) is 16.2 Å². The summed E-state index contributed by atoms with van der Waals surface area (Å²) in [6.07, 6.45) is 0.622. The summed E-state index contributed by atoms with van der Waals surface area (Å²) < 4.78 is 0. The summed E-state index contributed by atoms with van der Waals surface area (Å²) in [5, 5.41) is 0. The van der Waals surface area contributed by atoms with Gasteiger partial charge in [-0.25, -0.2) is 0 Å². The van der Waals surface area contributed by atoms with Crippen LogP contribution in [0.2, 0.25) is 0 Å². The van der Waals surface area contributed by atoms with Crippen LogP contribution in [0.3, 0.4) is 0 Å². The number of ketones is 4. The van der Waals surface area contributed by atoms with E-state index in [2.05, 4.69) is 0 Å². The summed E-state index contributed by atoms with van der Waals surface area (Å²) in [5.41, 5.74) is -1.53. The van der Waals surface area contributed by atoms with Gasteiger partial charge in [0.05, 0.1) is 5.41 Å². The molecule has 2 rings (SSSR count). The van der Waals surface area contributed by atoms with Crippen LogP contribution in [0.15, 0.2) is 24.3 Å². The fourth-order valence-electron chi connectivity index (χ4n) is 3.48. The Morgan fingerprint density at radius 3 is 1.37 bits per heavy atom. The fourth-order valence-corrected chi connectivity index (χ4v) is 3.48. The standard InChI is InChI=1S/C23H30O4/c1-21(2,3)17(24)11-13-23(14-12-18(25)22(4,5)6)19(26)15-9-7-8-10-16(15)20(23)27/h7-10H,11-14H2,1-6H3. The summed E-state index contributed by atoms with van der Waals surface area (Å²) in [6, 6.07) is 6.80. The molecule has 1 aliphatic carbocycles. The molecule has 0 radical (unpaired) electrons. The Balaban J connectivity index is 2.36. The lowest BCUT2D eigenvalue weighted by Gasteiger charge is -2.28. The van der Waals surface area contributed by atoms with Crippen LogP contribution in [0.4, 0.5) is 0 Å². The average Bonchev–Trinajstić information content (AvgIpc) is 2.78. The van der Waals surface area contributed by atoms with Gasteiger partial charge in [-0.1, -0.05) is 65.8 Å². The van der Waals surface area contributed by atoms with Gasteiger partial charge in [-0.05, 0) is 12.8 Å². The molecule has 4 nitrogen and oxygen atoms in total. The fraction of sp³-hybridized carbons (Fsp3) is 0.565. The summed E-state index contributed by atoms with van der Waals surface area (Å²) in [6.45, 7) is 11.0. The molecule has 0 spiro atoms. The topological polar surface area (TPSA) is 68.3 Å². The molecular formula is C23H30O4. The van der Waals surface area contributed by atoms with Crippen molar-refractivity contribution in [3.8, 4) is 0 Å². The zero-order valence-electron chi connectivity index (χ0n) is 17.3. The minimum atomic E-state index is -1.30. The van der Waals surface area contributed by atoms with Crippen molar-refractivity contribution in [2.75, 3.05) is 0 Å². The van der Waals surface area contributed by atoms with Crippen molar-refractivity contribution in [1.29, 1.82) is 0 Å². The van der Waals surface area contributed by atoms with Crippen LogP contribution < -0.4 is 0 Å². The second-order valence-corrected chi connectivity index (χ2v) is 9.63. The van der Waals surface area contributed by atoms with Crippen LogP contribution in [0.25, 0.3) is 0 Å². The van der Waals surface area contributed by atoms with Gasteiger partial charge in [0.25, 0.3) is 0 Å². The van der Waals surface area contributed by atoms with Gasteiger partial charge in [0, 0.05) is 34.8 Å². The van der Waals surface area contributed by atoms with Gasteiger partial charge in [0.2, 0.25) is 0 Å². The van der Waals surface area contributed by atoms with E-state index in [-0.39, 0.29) is 48.8 Å². The molecule has 0 fully saturated rings. The molecule has 1 aromatic carbocycles. The Morgan fingerprint density at radius 2 is 1.07 bits per heavy atom. The third-order valence-corrected chi connectivity index (χ3v) is 5.52. The van der Waals surface area contributed by atoms with Crippen LogP contribution >= 0.6 is 0 Å². The lowest BCUT2D eigenvalue weighted by Crippen LogP contribution is -2.36. The number of hydrogen-bond acceptors (Lipinski definition) is 4. The van der Waals surface area contributed by atoms with Crippen molar-refractivity contribution in [1.82, 2.24) is 0 Å². The minimum absolute atomic E-state index is 0.0144. The first-order valence-electron chi connectivity index (χ1n) is 9.56. The van der Waals surface area contributed by atoms with E-state index in [4.69, 9.17) is 0 Å². The summed E-state index contributed by atoms with van der Waals surface area (Å²) in [4.78, 5) is 51.3. The Bertz CT molecular complexity index is 720. The Hall–Kier alpha value is -2.10. The molecule has 0 bridgehead atoms. The number of Topliss-reactive ketones (excluding diaryl/α,β-unsaturated/α-hetero) is 4. The number of fused-ring (bicyclic) bond motifs is 1. The van der Waals surface area contributed by atoms with Gasteiger partial charge in [0.15, 0.2) is 11.6 Å². The van der Waals surface area contributed by atoms with Crippen molar-refractivity contribution < 1.29 is 19.2 Å². The second kappa shape index (κ2) is 7.14. The van der Waals surface area contributed by atoms with Crippen LogP contribution in [0, 0.1) is 16.2 Å². The molecule has 0 atom stereocenters. The van der Waals surface area contributed by atoms with Crippen molar-refractivity contribution in [2.45, 2.75) is 67.2 Å². The summed E-state index contributed by atoms with van der Waals surface area (Å²) in [5.74, 6) is -0.459. The maximum absolute atomic E-state index is 13.2. The average molecular weight is 370 g/mol. The second-order valence-electron chi connectivity index (χ2n) is 9.63. The van der Waals surface area contributed by atoms with E-state index in [1.54, 1.807) is 24.3 Å². The number of carbonyl (C=O) groups is 4. The number of rotatable bonds is 6. The zero-order valence-corrected chi connectivity index (χ0v) is 17.3. The van der Waals surface area contributed by atoms with Crippen molar-refractivity contribution in [3.05, 3.63) is 35.4 Å². The van der Waals surface area contributed by atoms with Gasteiger partial charge < -0.3 is 0 Å². The molecule has 0 aromatic heterocycles. The molecule has 0 N–H and O–H groups in total. The van der Waals surface area contributed by atoms with E-state index in [9.17, 15) is 19.2 Å². The smallest absolute Gasteiger partial charge is 0.177 e. The molecule has 0 saturated heterocycles. The van der Waals surface area contributed by atoms with Gasteiger partial charge in [-0.2, -0.15) is 0 Å². The van der Waals surface area contributed by atoms with Gasteiger partial charge in [-0.3, -0.25) is 19.2 Å². The maximum atomic E-state index is 13.2. The molecule has 27 heavy (non-hydrogen) atoms.